The molecule has 15 heavy (non-hydrogen) atoms. The van der Waals surface area contributed by atoms with Gasteiger partial charge in [-0.2, -0.15) is 0 Å². The predicted octanol–water partition coefficient (Wildman–Crippen LogP) is 3.04. The van der Waals surface area contributed by atoms with E-state index in [9.17, 15) is 0 Å². The van der Waals surface area contributed by atoms with E-state index in [1.54, 1.807) is 0 Å². The van der Waals surface area contributed by atoms with Crippen molar-refractivity contribution >= 4 is 16.9 Å². The van der Waals surface area contributed by atoms with Crippen LogP contribution in [0.25, 0.3) is 0 Å². The van der Waals surface area contributed by atoms with Crippen LogP contribution in [-0.4, -0.2) is 23.0 Å². The van der Waals surface area contributed by atoms with Crippen LogP contribution in [0.15, 0.2) is 4.99 Å². The molecular formula is C12H22N2S. The lowest BCUT2D eigenvalue weighted by Crippen LogP contribution is -2.36. The Kier molecular flexibility index (Phi) is 3.29. The van der Waals surface area contributed by atoms with Gasteiger partial charge in [0.1, 0.15) is 0 Å². The van der Waals surface area contributed by atoms with Gasteiger partial charge in [0.25, 0.3) is 0 Å². The van der Waals surface area contributed by atoms with Crippen LogP contribution in [0.5, 0.6) is 0 Å². The molecule has 1 saturated carbocycles. The van der Waals surface area contributed by atoms with Crippen molar-refractivity contribution < 1.29 is 0 Å². The summed E-state index contributed by atoms with van der Waals surface area (Å²) in [6.45, 7) is 6.96. The summed E-state index contributed by atoms with van der Waals surface area (Å²) in [5.74, 6) is 1.23. The summed E-state index contributed by atoms with van der Waals surface area (Å²) >= 11 is 1.89. The highest BCUT2D eigenvalue weighted by Gasteiger charge is 2.31. The van der Waals surface area contributed by atoms with E-state index in [1.165, 1.54) is 36.6 Å². The Bertz CT molecular complexity index is 260. The first kappa shape index (κ1) is 11.3. The van der Waals surface area contributed by atoms with Gasteiger partial charge >= 0.3 is 0 Å². The van der Waals surface area contributed by atoms with E-state index >= 15 is 0 Å². The fraction of sp³-hybridized carbons (Fsp3) is 0.917. The number of rotatable bonds is 1. The monoisotopic (exact) mass is 226 g/mol. The molecule has 3 heteroatoms. The molecule has 2 atom stereocenters. The predicted molar refractivity (Wildman–Crippen MR) is 68.5 cm³/mol. The Hall–Kier alpha value is -0.180. The van der Waals surface area contributed by atoms with Crippen LogP contribution in [0.3, 0.4) is 0 Å². The SMILES string of the molecule is CC1CCSC(=NC2CCC(C)(C)C2)N1. The zero-order chi connectivity index (χ0) is 10.9. The second-order valence-corrected chi connectivity index (χ2v) is 6.76. The average molecular weight is 226 g/mol. The molecule has 1 saturated heterocycles. The van der Waals surface area contributed by atoms with Crippen LogP contribution in [0.2, 0.25) is 0 Å². The Morgan fingerprint density at radius 2 is 2.20 bits per heavy atom. The van der Waals surface area contributed by atoms with Gasteiger partial charge in [0.15, 0.2) is 5.17 Å². The van der Waals surface area contributed by atoms with E-state index in [1.807, 2.05) is 11.8 Å². The quantitative estimate of drug-likeness (QED) is 0.743. The van der Waals surface area contributed by atoms with Gasteiger partial charge in [-0.1, -0.05) is 25.6 Å². The van der Waals surface area contributed by atoms with Gasteiger partial charge in [-0.05, 0) is 38.0 Å². The van der Waals surface area contributed by atoms with Crippen molar-refractivity contribution in [3.63, 3.8) is 0 Å². The first-order valence-corrected chi connectivity index (χ1v) is 7.01. The molecule has 1 N–H and O–H groups in total. The van der Waals surface area contributed by atoms with Gasteiger partial charge in [-0.3, -0.25) is 4.99 Å². The van der Waals surface area contributed by atoms with Crippen LogP contribution in [0.4, 0.5) is 0 Å². The molecule has 0 bridgehead atoms. The summed E-state index contributed by atoms with van der Waals surface area (Å²) in [4.78, 5) is 4.85. The highest BCUT2D eigenvalue weighted by atomic mass is 32.2. The van der Waals surface area contributed by atoms with Crippen LogP contribution < -0.4 is 5.32 Å². The van der Waals surface area contributed by atoms with E-state index in [2.05, 4.69) is 26.1 Å². The van der Waals surface area contributed by atoms with Crippen molar-refractivity contribution in [1.82, 2.24) is 5.32 Å². The molecule has 1 aliphatic heterocycles. The lowest BCUT2D eigenvalue weighted by molar-refractivity contribution is 0.376. The van der Waals surface area contributed by atoms with Gasteiger partial charge in [0.05, 0.1) is 6.04 Å². The van der Waals surface area contributed by atoms with Gasteiger partial charge in [0, 0.05) is 11.8 Å². The Morgan fingerprint density at radius 3 is 2.80 bits per heavy atom. The molecule has 0 aromatic heterocycles. The Balaban J connectivity index is 1.92. The van der Waals surface area contributed by atoms with Crippen molar-refractivity contribution in [3.05, 3.63) is 0 Å². The Labute approximate surface area is 97.3 Å². The molecule has 86 valence electrons. The van der Waals surface area contributed by atoms with Gasteiger partial charge in [-0.25, -0.2) is 0 Å². The van der Waals surface area contributed by atoms with E-state index < -0.39 is 0 Å². The molecule has 1 aliphatic carbocycles. The third-order valence-electron chi connectivity index (χ3n) is 3.40. The zero-order valence-corrected chi connectivity index (χ0v) is 10.9. The molecule has 0 spiro atoms. The third-order valence-corrected chi connectivity index (χ3v) is 4.34. The topological polar surface area (TPSA) is 24.4 Å². The maximum absolute atomic E-state index is 4.85. The normalized spacial score (nSPS) is 37.9. The summed E-state index contributed by atoms with van der Waals surface area (Å²) in [5, 5.41) is 4.67. The van der Waals surface area contributed by atoms with E-state index in [4.69, 9.17) is 4.99 Å². The molecular weight excluding hydrogens is 204 g/mol. The number of nitrogens with zero attached hydrogens (tertiary/aromatic N) is 1. The van der Waals surface area contributed by atoms with Crippen molar-refractivity contribution in [1.29, 1.82) is 0 Å². The first-order chi connectivity index (χ1) is 7.05. The number of amidine groups is 1. The van der Waals surface area contributed by atoms with Crippen LogP contribution >= 0.6 is 11.8 Å². The van der Waals surface area contributed by atoms with Crippen molar-refractivity contribution in [2.24, 2.45) is 10.4 Å². The second-order valence-electron chi connectivity index (χ2n) is 5.68. The fourth-order valence-electron chi connectivity index (χ4n) is 2.41. The molecule has 0 radical (unpaired) electrons. The fourth-order valence-corrected chi connectivity index (χ4v) is 3.58. The van der Waals surface area contributed by atoms with E-state index in [0.717, 1.165) is 0 Å². The number of hydrogen-bond acceptors (Lipinski definition) is 2. The summed E-state index contributed by atoms with van der Waals surface area (Å²) in [6, 6.07) is 1.18. The average Bonchev–Trinajstić information content (AvgIpc) is 2.45. The molecule has 2 aliphatic rings. The van der Waals surface area contributed by atoms with Crippen LogP contribution in [0, 0.1) is 5.41 Å². The lowest BCUT2D eigenvalue weighted by Gasteiger charge is -2.23. The summed E-state index contributed by atoms with van der Waals surface area (Å²) in [6.07, 6.45) is 5.12. The van der Waals surface area contributed by atoms with Crippen LogP contribution in [0.1, 0.15) is 46.5 Å². The molecule has 0 aromatic rings. The summed E-state index contributed by atoms with van der Waals surface area (Å²) in [5.41, 5.74) is 0.514. The maximum atomic E-state index is 4.85. The number of aliphatic imine (C=N–C) groups is 1. The van der Waals surface area contributed by atoms with Crippen molar-refractivity contribution in [2.45, 2.75) is 58.5 Å². The minimum Gasteiger partial charge on any atom is -0.362 e. The molecule has 2 rings (SSSR count). The zero-order valence-electron chi connectivity index (χ0n) is 10.0. The largest absolute Gasteiger partial charge is 0.362 e. The van der Waals surface area contributed by atoms with Gasteiger partial charge in [0.2, 0.25) is 0 Å². The minimum absolute atomic E-state index is 0.514. The van der Waals surface area contributed by atoms with Crippen molar-refractivity contribution in [2.75, 3.05) is 5.75 Å². The highest BCUT2D eigenvalue weighted by molar-refractivity contribution is 8.13. The molecule has 0 amide bonds. The Morgan fingerprint density at radius 1 is 1.40 bits per heavy atom. The van der Waals surface area contributed by atoms with E-state index in [0.29, 0.717) is 17.5 Å². The van der Waals surface area contributed by atoms with Crippen LogP contribution in [-0.2, 0) is 0 Å². The lowest BCUT2D eigenvalue weighted by atomic mass is 9.92. The molecule has 0 aromatic carbocycles. The number of hydrogen-bond donors (Lipinski definition) is 1. The van der Waals surface area contributed by atoms with Gasteiger partial charge < -0.3 is 5.32 Å². The minimum atomic E-state index is 0.514. The summed E-state index contributed by atoms with van der Waals surface area (Å²) < 4.78 is 0. The summed E-state index contributed by atoms with van der Waals surface area (Å²) in [7, 11) is 0. The first-order valence-electron chi connectivity index (χ1n) is 6.02. The standard InChI is InChI=1S/C12H22N2S/c1-9-5-7-15-11(13-9)14-10-4-6-12(2,3)8-10/h9-10H,4-8H2,1-3H3,(H,13,14). The highest BCUT2D eigenvalue weighted by Crippen LogP contribution is 2.38. The second kappa shape index (κ2) is 4.36. The number of nitrogens with one attached hydrogen (secondary N) is 1. The van der Waals surface area contributed by atoms with E-state index in [-0.39, 0.29) is 0 Å². The van der Waals surface area contributed by atoms with Gasteiger partial charge in [-0.15, -0.1) is 0 Å². The maximum Gasteiger partial charge on any atom is 0.157 e. The smallest absolute Gasteiger partial charge is 0.157 e. The molecule has 1 heterocycles. The molecule has 2 nitrogen and oxygen atoms in total. The third kappa shape index (κ3) is 3.13. The number of thioether (sulfide) groups is 1. The molecule has 2 unspecified atom stereocenters. The molecule has 2 fully saturated rings. The van der Waals surface area contributed by atoms with Crippen molar-refractivity contribution in [3.8, 4) is 0 Å².